The first-order chi connectivity index (χ1) is 16.0. The number of piperazine rings is 1. The normalized spacial score (nSPS) is 16.7. The number of carbonyl (C=O) groups is 2. The first-order valence-electron chi connectivity index (χ1n) is 11.8. The van der Waals surface area contributed by atoms with E-state index in [0.29, 0.717) is 38.9 Å². The van der Waals surface area contributed by atoms with Gasteiger partial charge in [0.2, 0.25) is 11.8 Å². The molecule has 1 aromatic carbocycles. The summed E-state index contributed by atoms with van der Waals surface area (Å²) >= 11 is 6.11. The second-order valence-corrected chi connectivity index (χ2v) is 9.21. The van der Waals surface area contributed by atoms with E-state index in [0.717, 1.165) is 55.7 Å². The molecule has 0 atom stereocenters. The highest BCUT2D eigenvalue weighted by molar-refractivity contribution is 6.30. The monoisotopic (exact) mass is 472 g/mol. The summed E-state index contributed by atoms with van der Waals surface area (Å²) in [6, 6.07) is 9.95. The molecule has 2 aromatic rings. The Hall–Kier alpha value is -2.58. The Kier molecular flexibility index (Phi) is 7.88. The third kappa shape index (κ3) is 6.26. The van der Waals surface area contributed by atoms with Crippen molar-refractivity contribution in [2.24, 2.45) is 0 Å². The maximum Gasteiger partial charge on any atom is 0.229 e. The van der Waals surface area contributed by atoms with E-state index in [1.54, 1.807) is 4.90 Å². The summed E-state index contributed by atoms with van der Waals surface area (Å²) in [5.74, 6) is 1.01. The van der Waals surface area contributed by atoms with Gasteiger partial charge >= 0.3 is 0 Å². The molecule has 3 heterocycles. The van der Waals surface area contributed by atoms with Gasteiger partial charge in [0.25, 0.3) is 0 Å². The minimum Gasteiger partial charge on any atom is -0.369 e. The Labute approximate surface area is 200 Å². The maximum atomic E-state index is 12.3. The van der Waals surface area contributed by atoms with Gasteiger partial charge in [-0.2, -0.15) is 5.10 Å². The number of carbonyl (C=O) groups excluding carboxylic acids is 2. The van der Waals surface area contributed by atoms with Crippen LogP contribution in [0.25, 0.3) is 0 Å². The van der Waals surface area contributed by atoms with Crippen LogP contribution < -0.4 is 15.1 Å². The number of benzene rings is 1. The van der Waals surface area contributed by atoms with Gasteiger partial charge < -0.3 is 10.2 Å². The smallest absolute Gasteiger partial charge is 0.229 e. The average molecular weight is 473 g/mol. The van der Waals surface area contributed by atoms with E-state index in [4.69, 9.17) is 11.6 Å². The van der Waals surface area contributed by atoms with E-state index in [1.165, 1.54) is 5.69 Å². The minimum absolute atomic E-state index is 0.0509. The van der Waals surface area contributed by atoms with Gasteiger partial charge in [0.15, 0.2) is 0 Å². The maximum absolute atomic E-state index is 12.3. The number of hydrogen-bond donors (Lipinski definition) is 1. The van der Waals surface area contributed by atoms with Crippen molar-refractivity contribution in [3.63, 3.8) is 0 Å². The lowest BCUT2D eigenvalue weighted by Gasteiger charge is -2.36. The SMILES string of the molecule is Cc1cc2n(n1)CCC(=O)N2CCCC(=O)NCCCN1CCN(c2cccc(Cl)c2)CC1. The van der Waals surface area contributed by atoms with Crippen molar-refractivity contribution in [1.29, 1.82) is 0 Å². The fraction of sp³-hybridized carbons (Fsp3) is 0.542. The molecular formula is C24H33ClN6O2. The van der Waals surface area contributed by atoms with E-state index in [2.05, 4.69) is 26.3 Å². The molecule has 2 amide bonds. The zero-order valence-electron chi connectivity index (χ0n) is 19.3. The minimum atomic E-state index is 0.0509. The molecule has 0 saturated carbocycles. The van der Waals surface area contributed by atoms with Gasteiger partial charge in [0.1, 0.15) is 5.82 Å². The topological polar surface area (TPSA) is 73.7 Å². The van der Waals surface area contributed by atoms with E-state index < -0.39 is 0 Å². The fourth-order valence-corrected chi connectivity index (χ4v) is 4.72. The Balaban J connectivity index is 1.09. The van der Waals surface area contributed by atoms with E-state index in [1.807, 2.05) is 35.9 Å². The van der Waals surface area contributed by atoms with Crippen LogP contribution >= 0.6 is 11.6 Å². The Bertz CT molecular complexity index is 970. The van der Waals surface area contributed by atoms with Gasteiger partial charge in [-0.25, -0.2) is 4.68 Å². The van der Waals surface area contributed by atoms with E-state index in [9.17, 15) is 9.59 Å². The Morgan fingerprint density at radius 2 is 1.91 bits per heavy atom. The molecule has 0 radical (unpaired) electrons. The van der Waals surface area contributed by atoms with Crippen LogP contribution in [0.3, 0.4) is 0 Å². The van der Waals surface area contributed by atoms with Crippen LogP contribution in [0, 0.1) is 6.92 Å². The van der Waals surface area contributed by atoms with Crippen molar-refractivity contribution in [2.75, 3.05) is 55.6 Å². The number of nitrogens with one attached hydrogen (secondary N) is 1. The molecule has 1 fully saturated rings. The molecule has 1 N–H and O–H groups in total. The zero-order valence-corrected chi connectivity index (χ0v) is 20.1. The number of nitrogens with zero attached hydrogens (tertiary/aromatic N) is 5. The van der Waals surface area contributed by atoms with E-state index in [-0.39, 0.29) is 11.8 Å². The molecule has 4 rings (SSSR count). The van der Waals surface area contributed by atoms with Crippen LogP contribution in [0.15, 0.2) is 30.3 Å². The summed E-state index contributed by atoms with van der Waals surface area (Å²) in [5.41, 5.74) is 2.09. The lowest BCUT2D eigenvalue weighted by Crippen LogP contribution is -2.47. The van der Waals surface area contributed by atoms with Gasteiger partial charge in [-0.05, 0) is 44.5 Å². The summed E-state index contributed by atoms with van der Waals surface area (Å²) in [7, 11) is 0. The molecule has 0 spiro atoms. The molecule has 1 saturated heterocycles. The van der Waals surface area contributed by atoms with Crippen molar-refractivity contribution in [2.45, 2.75) is 39.2 Å². The number of aryl methyl sites for hydroxylation is 2. The summed E-state index contributed by atoms with van der Waals surface area (Å²) in [6.45, 7) is 8.78. The van der Waals surface area contributed by atoms with Gasteiger partial charge in [-0.15, -0.1) is 0 Å². The lowest BCUT2D eigenvalue weighted by atomic mass is 10.2. The van der Waals surface area contributed by atoms with Crippen LogP contribution in [-0.2, 0) is 16.1 Å². The molecule has 0 bridgehead atoms. The highest BCUT2D eigenvalue weighted by Crippen LogP contribution is 2.23. The Morgan fingerprint density at radius 3 is 2.70 bits per heavy atom. The summed E-state index contributed by atoms with van der Waals surface area (Å²) < 4.78 is 1.88. The summed E-state index contributed by atoms with van der Waals surface area (Å²) in [6.07, 6.45) is 2.47. The average Bonchev–Trinajstić information content (AvgIpc) is 3.19. The molecular weight excluding hydrogens is 440 g/mol. The van der Waals surface area contributed by atoms with Crippen molar-refractivity contribution in [3.8, 4) is 0 Å². The molecule has 2 aliphatic heterocycles. The number of aromatic nitrogens is 2. The van der Waals surface area contributed by atoms with Crippen LogP contribution in [0.1, 0.15) is 31.4 Å². The number of hydrogen-bond acceptors (Lipinski definition) is 5. The highest BCUT2D eigenvalue weighted by Gasteiger charge is 2.25. The third-order valence-electron chi connectivity index (χ3n) is 6.30. The number of halogens is 1. The van der Waals surface area contributed by atoms with Crippen molar-refractivity contribution in [3.05, 3.63) is 41.0 Å². The first-order valence-corrected chi connectivity index (χ1v) is 12.2. The zero-order chi connectivity index (χ0) is 23.2. The summed E-state index contributed by atoms with van der Waals surface area (Å²) in [4.78, 5) is 31.1. The van der Waals surface area contributed by atoms with E-state index >= 15 is 0 Å². The predicted octanol–water partition coefficient (Wildman–Crippen LogP) is 2.69. The molecule has 9 heteroatoms. The van der Waals surface area contributed by atoms with Crippen molar-refractivity contribution in [1.82, 2.24) is 20.0 Å². The van der Waals surface area contributed by atoms with Crippen LogP contribution in [0.2, 0.25) is 5.02 Å². The number of rotatable bonds is 9. The molecule has 8 nitrogen and oxygen atoms in total. The molecule has 33 heavy (non-hydrogen) atoms. The van der Waals surface area contributed by atoms with Crippen molar-refractivity contribution < 1.29 is 9.59 Å². The number of amides is 2. The van der Waals surface area contributed by atoms with Crippen LogP contribution in [0.4, 0.5) is 11.5 Å². The first kappa shape index (κ1) is 23.6. The second-order valence-electron chi connectivity index (χ2n) is 8.78. The van der Waals surface area contributed by atoms with Crippen LogP contribution in [0.5, 0.6) is 0 Å². The number of fused-ring (bicyclic) bond motifs is 1. The van der Waals surface area contributed by atoms with Crippen LogP contribution in [-0.4, -0.2) is 72.3 Å². The van der Waals surface area contributed by atoms with Crippen molar-refractivity contribution >= 4 is 34.9 Å². The molecule has 178 valence electrons. The van der Waals surface area contributed by atoms with Gasteiger partial charge in [0, 0.05) is 68.9 Å². The van der Waals surface area contributed by atoms with Gasteiger partial charge in [0.05, 0.1) is 12.2 Å². The fourth-order valence-electron chi connectivity index (χ4n) is 4.54. The molecule has 0 aliphatic carbocycles. The molecule has 0 unspecified atom stereocenters. The Morgan fingerprint density at radius 1 is 1.09 bits per heavy atom. The molecule has 1 aromatic heterocycles. The van der Waals surface area contributed by atoms with Gasteiger partial charge in [-0.3, -0.25) is 19.4 Å². The molecule has 2 aliphatic rings. The highest BCUT2D eigenvalue weighted by atomic mass is 35.5. The second kappa shape index (κ2) is 11.0. The van der Waals surface area contributed by atoms with Gasteiger partial charge in [-0.1, -0.05) is 17.7 Å². The number of anilines is 2. The standard InChI is InChI=1S/C24H33ClN6O2/c1-19-17-23-30(24(33)8-12-31(23)27-19)11-3-7-22(32)26-9-4-10-28-13-15-29(16-14-28)21-6-2-5-20(25)18-21/h2,5-6,17-18H,3-4,7-16H2,1H3,(H,26,32). The largest absolute Gasteiger partial charge is 0.369 e. The summed E-state index contributed by atoms with van der Waals surface area (Å²) in [5, 5.41) is 8.22. The lowest BCUT2D eigenvalue weighted by molar-refractivity contribution is -0.122. The third-order valence-corrected chi connectivity index (χ3v) is 6.54. The quantitative estimate of drug-likeness (QED) is 0.568. The predicted molar refractivity (Wildman–Crippen MR) is 131 cm³/mol.